The van der Waals surface area contributed by atoms with E-state index in [2.05, 4.69) is 16.0 Å². The molecule has 3 aromatic carbocycles. The van der Waals surface area contributed by atoms with Crippen LogP contribution in [0.4, 0.5) is 0 Å². The number of hydrogen-bond acceptors (Lipinski definition) is 7. The molecule has 1 heterocycles. The van der Waals surface area contributed by atoms with Crippen molar-refractivity contribution in [3.8, 4) is 0 Å². The fourth-order valence-corrected chi connectivity index (χ4v) is 6.58. The highest BCUT2D eigenvalue weighted by atomic mass is 16.2. The Bertz CT molecular complexity index is 1630. The molecule has 0 spiro atoms. The number of carbonyl (C=O) groups is 5. The quantitative estimate of drug-likeness (QED) is 0.117. The predicted octanol–water partition coefficient (Wildman–Crippen LogP) is 2.80. The minimum atomic E-state index is -0.961. The molecule has 1 aliphatic heterocycles. The molecular formula is C42H57N7O5. The zero-order chi connectivity index (χ0) is 38.9. The Morgan fingerprint density at radius 1 is 0.630 bits per heavy atom. The third-order valence-corrected chi connectivity index (χ3v) is 9.63. The van der Waals surface area contributed by atoms with Crippen LogP contribution >= 0.6 is 0 Å². The summed E-state index contributed by atoms with van der Waals surface area (Å²) >= 11 is 0. The average molecular weight is 740 g/mol. The fourth-order valence-electron chi connectivity index (χ4n) is 6.58. The van der Waals surface area contributed by atoms with Crippen molar-refractivity contribution in [1.29, 1.82) is 0 Å². The van der Waals surface area contributed by atoms with Crippen LogP contribution in [0.25, 0.3) is 0 Å². The van der Waals surface area contributed by atoms with E-state index in [0.29, 0.717) is 76.8 Å². The summed E-state index contributed by atoms with van der Waals surface area (Å²) in [5, 5.41) is 8.72. The van der Waals surface area contributed by atoms with Gasteiger partial charge in [0.2, 0.25) is 23.6 Å². The Kier molecular flexibility index (Phi) is 16.7. The molecule has 0 saturated carbocycles. The maximum Gasteiger partial charge on any atom is 0.253 e. The summed E-state index contributed by atoms with van der Waals surface area (Å²) in [6, 6.07) is 24.5. The Balaban J connectivity index is 1.44. The van der Waals surface area contributed by atoms with Gasteiger partial charge < -0.3 is 37.2 Å². The van der Waals surface area contributed by atoms with Gasteiger partial charge in [-0.25, -0.2) is 0 Å². The van der Waals surface area contributed by atoms with E-state index < -0.39 is 41.9 Å². The molecule has 0 radical (unpaired) electrons. The first-order chi connectivity index (χ1) is 26.0. The van der Waals surface area contributed by atoms with E-state index >= 15 is 0 Å². The van der Waals surface area contributed by atoms with E-state index in [1.165, 1.54) is 0 Å². The molecule has 4 rings (SSSR count). The smallest absolute Gasteiger partial charge is 0.253 e. The highest BCUT2D eigenvalue weighted by Gasteiger charge is 2.33. The van der Waals surface area contributed by atoms with Gasteiger partial charge in [0.15, 0.2) is 0 Å². The van der Waals surface area contributed by atoms with Gasteiger partial charge in [-0.3, -0.25) is 24.0 Å². The maximum atomic E-state index is 14.0. The Hall–Kier alpha value is -5.07. The lowest BCUT2D eigenvalue weighted by Gasteiger charge is -2.37. The van der Waals surface area contributed by atoms with Crippen molar-refractivity contribution < 1.29 is 24.0 Å². The van der Waals surface area contributed by atoms with Gasteiger partial charge in [0, 0.05) is 31.7 Å². The van der Waals surface area contributed by atoms with E-state index in [9.17, 15) is 24.0 Å². The highest BCUT2D eigenvalue weighted by molar-refractivity contribution is 5.96. The number of carbonyl (C=O) groups excluding carboxylic acids is 5. The molecule has 7 N–H and O–H groups in total. The zero-order valence-electron chi connectivity index (χ0n) is 31.6. The Morgan fingerprint density at radius 3 is 1.74 bits per heavy atom. The number of nitrogens with two attached hydrogens (primary N) is 2. The monoisotopic (exact) mass is 739 g/mol. The molecule has 1 saturated heterocycles. The van der Waals surface area contributed by atoms with Crippen molar-refractivity contribution in [2.45, 2.75) is 83.0 Å². The van der Waals surface area contributed by atoms with Crippen LogP contribution in [0.5, 0.6) is 0 Å². The maximum absolute atomic E-state index is 14.0. The molecule has 0 aliphatic carbocycles. The van der Waals surface area contributed by atoms with Crippen LogP contribution in [0, 0.1) is 5.92 Å². The molecule has 54 heavy (non-hydrogen) atoms. The van der Waals surface area contributed by atoms with E-state index in [4.69, 9.17) is 11.5 Å². The van der Waals surface area contributed by atoms with E-state index in [-0.39, 0.29) is 24.2 Å². The molecule has 1 aliphatic rings. The molecule has 1 fully saturated rings. The number of benzene rings is 3. The van der Waals surface area contributed by atoms with Crippen molar-refractivity contribution in [2.75, 3.05) is 32.7 Å². The predicted molar refractivity (Wildman–Crippen MR) is 210 cm³/mol. The number of unbranched alkanes of at least 4 members (excludes halogenated alkanes) is 1. The SMILES string of the molecule is CC(C)C[C@@H](NC(=O)[C@@H](CCc1ccccc1)NC(=O)[C@H](N)Cc1ccccc1)C(=O)N[C@H](CCCCN)C(=O)N1CCN(C(=O)c2ccccc2)CC1. The number of nitrogens with one attached hydrogen (secondary N) is 3. The third-order valence-electron chi connectivity index (χ3n) is 9.63. The first kappa shape index (κ1) is 41.7. The van der Waals surface area contributed by atoms with Crippen molar-refractivity contribution in [2.24, 2.45) is 17.4 Å². The van der Waals surface area contributed by atoms with Gasteiger partial charge in [-0.1, -0.05) is 92.7 Å². The highest BCUT2D eigenvalue weighted by Crippen LogP contribution is 2.14. The molecule has 3 aromatic rings. The minimum absolute atomic E-state index is 0.0272. The first-order valence-corrected chi connectivity index (χ1v) is 19.1. The summed E-state index contributed by atoms with van der Waals surface area (Å²) < 4.78 is 0. The van der Waals surface area contributed by atoms with Crippen LogP contribution in [0.3, 0.4) is 0 Å². The average Bonchev–Trinajstić information content (AvgIpc) is 3.19. The van der Waals surface area contributed by atoms with Crippen molar-refractivity contribution >= 4 is 29.5 Å². The summed E-state index contributed by atoms with van der Waals surface area (Å²) in [6.07, 6.45) is 3.09. The topological polar surface area (TPSA) is 180 Å². The van der Waals surface area contributed by atoms with Crippen LogP contribution in [0.15, 0.2) is 91.0 Å². The van der Waals surface area contributed by atoms with Gasteiger partial charge in [0.1, 0.15) is 18.1 Å². The van der Waals surface area contributed by atoms with E-state index in [0.717, 1.165) is 11.1 Å². The van der Waals surface area contributed by atoms with Gasteiger partial charge in [-0.05, 0) is 80.7 Å². The van der Waals surface area contributed by atoms with Crippen molar-refractivity contribution in [1.82, 2.24) is 25.8 Å². The third kappa shape index (κ3) is 13.1. The second-order valence-corrected chi connectivity index (χ2v) is 14.4. The lowest BCUT2D eigenvalue weighted by molar-refractivity contribution is -0.139. The lowest BCUT2D eigenvalue weighted by Crippen LogP contribution is -2.59. The van der Waals surface area contributed by atoms with E-state index in [1.54, 1.807) is 21.9 Å². The second-order valence-electron chi connectivity index (χ2n) is 14.4. The lowest BCUT2D eigenvalue weighted by atomic mass is 9.99. The number of amides is 5. The van der Waals surface area contributed by atoms with Crippen LogP contribution in [-0.4, -0.2) is 96.2 Å². The van der Waals surface area contributed by atoms with Crippen LogP contribution < -0.4 is 27.4 Å². The molecule has 4 atom stereocenters. The fraction of sp³-hybridized carbons (Fsp3) is 0.452. The number of piperazine rings is 1. The van der Waals surface area contributed by atoms with Crippen LogP contribution in [0.2, 0.25) is 0 Å². The van der Waals surface area contributed by atoms with Gasteiger partial charge >= 0.3 is 0 Å². The van der Waals surface area contributed by atoms with Gasteiger partial charge in [0.05, 0.1) is 6.04 Å². The molecule has 0 unspecified atom stereocenters. The molecule has 12 heteroatoms. The van der Waals surface area contributed by atoms with E-state index in [1.807, 2.05) is 92.7 Å². The van der Waals surface area contributed by atoms with Gasteiger partial charge in [-0.15, -0.1) is 0 Å². The summed E-state index contributed by atoms with van der Waals surface area (Å²) in [5.74, 6) is -1.74. The number of nitrogens with zero attached hydrogens (tertiary/aromatic N) is 2. The van der Waals surface area contributed by atoms with Gasteiger partial charge in [0.25, 0.3) is 5.91 Å². The molecule has 290 valence electrons. The minimum Gasteiger partial charge on any atom is -0.343 e. The van der Waals surface area contributed by atoms with Crippen LogP contribution in [0.1, 0.15) is 67.4 Å². The van der Waals surface area contributed by atoms with Crippen LogP contribution in [-0.2, 0) is 32.0 Å². The second kappa shape index (κ2) is 21.6. The Labute approximate surface area is 319 Å². The number of hydrogen-bond donors (Lipinski definition) is 5. The molecule has 5 amide bonds. The summed E-state index contributed by atoms with van der Waals surface area (Å²) in [4.78, 5) is 71.6. The number of aryl methyl sites for hydroxylation is 1. The largest absolute Gasteiger partial charge is 0.343 e. The summed E-state index contributed by atoms with van der Waals surface area (Å²) in [6.45, 7) is 5.77. The zero-order valence-corrected chi connectivity index (χ0v) is 31.6. The summed E-state index contributed by atoms with van der Waals surface area (Å²) in [5.41, 5.74) is 14.5. The first-order valence-electron chi connectivity index (χ1n) is 19.1. The molecule has 0 bridgehead atoms. The molecule has 0 aromatic heterocycles. The van der Waals surface area contributed by atoms with Crippen molar-refractivity contribution in [3.63, 3.8) is 0 Å². The standard InChI is InChI=1S/C42H57N7O5/c1-30(2)28-37(47-39(51)35(22-21-31-14-6-3-7-15-31)45-38(50)34(44)29-32-16-8-4-9-17-32)40(52)46-36(20-12-13-23-43)42(54)49-26-24-48(25-27-49)41(53)33-18-10-5-11-19-33/h3-11,14-19,30,34-37H,12-13,20-29,43-44H2,1-2H3,(H,45,50)(H,46,52)(H,47,51)/t34-,35-,36-,37-/m1/s1. The number of rotatable bonds is 19. The molecule has 12 nitrogen and oxygen atoms in total. The summed E-state index contributed by atoms with van der Waals surface area (Å²) in [7, 11) is 0. The van der Waals surface area contributed by atoms with Crippen molar-refractivity contribution in [3.05, 3.63) is 108 Å². The van der Waals surface area contributed by atoms with Gasteiger partial charge in [-0.2, -0.15) is 0 Å². The molecular weight excluding hydrogens is 683 g/mol. The Morgan fingerprint density at radius 2 is 1.15 bits per heavy atom. The normalized spacial score (nSPS) is 15.1.